The molecule has 0 saturated heterocycles. The van der Waals surface area contributed by atoms with Crippen molar-refractivity contribution in [3.05, 3.63) is 0 Å². The topological polar surface area (TPSA) is 12.0 Å². The van der Waals surface area contributed by atoms with E-state index in [1.807, 2.05) is 0 Å². The second-order valence-corrected chi connectivity index (χ2v) is 4.87. The quantitative estimate of drug-likeness (QED) is 0.642. The van der Waals surface area contributed by atoms with E-state index in [4.69, 9.17) is 0 Å². The van der Waals surface area contributed by atoms with Crippen LogP contribution in [-0.4, -0.2) is 12.6 Å². The molecule has 1 saturated carbocycles. The maximum atomic E-state index is 3.73. The molecular formula is C13H27N. The third kappa shape index (κ3) is 3.27. The summed E-state index contributed by atoms with van der Waals surface area (Å²) in [5.74, 6) is 1.89. The molecule has 3 atom stereocenters. The second-order valence-electron chi connectivity index (χ2n) is 4.87. The molecule has 0 bridgehead atoms. The molecule has 0 aliphatic heterocycles. The maximum Gasteiger partial charge on any atom is 0.00954 e. The van der Waals surface area contributed by atoms with Gasteiger partial charge in [-0.15, -0.1) is 0 Å². The van der Waals surface area contributed by atoms with E-state index in [1.165, 1.54) is 45.1 Å². The van der Waals surface area contributed by atoms with Gasteiger partial charge in [-0.25, -0.2) is 0 Å². The minimum atomic E-state index is 0.816. The zero-order chi connectivity index (χ0) is 10.4. The van der Waals surface area contributed by atoms with Crippen molar-refractivity contribution >= 4 is 0 Å². The Hall–Kier alpha value is -0.0400. The molecule has 84 valence electrons. The Morgan fingerprint density at radius 2 is 1.93 bits per heavy atom. The van der Waals surface area contributed by atoms with Gasteiger partial charge < -0.3 is 5.32 Å². The number of hydrogen-bond acceptors (Lipinski definition) is 1. The van der Waals surface area contributed by atoms with Crippen LogP contribution in [0.3, 0.4) is 0 Å². The van der Waals surface area contributed by atoms with Crippen LogP contribution in [0, 0.1) is 11.8 Å². The lowest BCUT2D eigenvalue weighted by molar-refractivity contribution is 0.344. The lowest BCUT2D eigenvalue weighted by atomic mass is 9.93. The molecule has 1 aliphatic rings. The normalized spacial score (nSPS) is 32.4. The van der Waals surface area contributed by atoms with Gasteiger partial charge in [0.1, 0.15) is 0 Å². The van der Waals surface area contributed by atoms with Crippen molar-refractivity contribution in [1.29, 1.82) is 0 Å². The van der Waals surface area contributed by atoms with E-state index >= 15 is 0 Å². The van der Waals surface area contributed by atoms with Gasteiger partial charge in [-0.3, -0.25) is 0 Å². The standard InChI is InChI=1S/C13H27N/c1-4-6-7-10-14-13-9-8-12(5-2)11(13)3/h11-14H,4-10H2,1-3H3. The molecule has 1 fully saturated rings. The van der Waals surface area contributed by atoms with Gasteiger partial charge in [0, 0.05) is 6.04 Å². The molecule has 3 unspecified atom stereocenters. The zero-order valence-electron chi connectivity index (χ0n) is 10.2. The summed E-state index contributed by atoms with van der Waals surface area (Å²) in [6.07, 6.45) is 8.30. The van der Waals surface area contributed by atoms with E-state index in [0.29, 0.717) is 0 Å². The van der Waals surface area contributed by atoms with Crippen LogP contribution < -0.4 is 5.32 Å². The molecule has 1 rings (SSSR count). The highest BCUT2D eigenvalue weighted by Crippen LogP contribution is 2.33. The molecule has 0 radical (unpaired) electrons. The van der Waals surface area contributed by atoms with Crippen LogP contribution in [0.15, 0.2) is 0 Å². The molecule has 0 amide bonds. The van der Waals surface area contributed by atoms with Gasteiger partial charge in [-0.2, -0.15) is 0 Å². The molecule has 1 aliphatic carbocycles. The van der Waals surface area contributed by atoms with Gasteiger partial charge in [0.05, 0.1) is 0 Å². The summed E-state index contributed by atoms with van der Waals surface area (Å²) in [6.45, 7) is 8.27. The molecule has 0 aromatic heterocycles. The first-order chi connectivity index (χ1) is 6.79. The number of rotatable bonds is 6. The predicted octanol–water partition coefficient (Wildman–Crippen LogP) is 3.59. The fraction of sp³-hybridized carbons (Fsp3) is 1.00. The van der Waals surface area contributed by atoms with Crippen LogP contribution in [0.4, 0.5) is 0 Å². The molecule has 0 aromatic rings. The number of hydrogen-bond donors (Lipinski definition) is 1. The van der Waals surface area contributed by atoms with Crippen molar-refractivity contribution in [2.24, 2.45) is 11.8 Å². The molecule has 0 heterocycles. The molecule has 1 heteroatoms. The van der Waals surface area contributed by atoms with E-state index in [0.717, 1.165) is 17.9 Å². The third-order valence-corrected chi connectivity index (χ3v) is 3.94. The molecule has 0 spiro atoms. The van der Waals surface area contributed by atoms with Gasteiger partial charge in [0.25, 0.3) is 0 Å². The highest BCUT2D eigenvalue weighted by atomic mass is 14.9. The van der Waals surface area contributed by atoms with Crippen molar-refractivity contribution in [3.63, 3.8) is 0 Å². The van der Waals surface area contributed by atoms with E-state index in [9.17, 15) is 0 Å². The van der Waals surface area contributed by atoms with Crippen molar-refractivity contribution in [2.45, 2.75) is 65.3 Å². The summed E-state index contributed by atoms with van der Waals surface area (Å²) in [5.41, 5.74) is 0. The van der Waals surface area contributed by atoms with Crippen LogP contribution >= 0.6 is 0 Å². The SMILES string of the molecule is CCCCCNC1CCC(CC)C1C. The van der Waals surface area contributed by atoms with E-state index in [-0.39, 0.29) is 0 Å². The van der Waals surface area contributed by atoms with Crippen molar-refractivity contribution in [2.75, 3.05) is 6.54 Å². The Labute approximate surface area is 89.7 Å². The van der Waals surface area contributed by atoms with E-state index in [1.54, 1.807) is 0 Å². The zero-order valence-corrected chi connectivity index (χ0v) is 10.2. The Bertz CT molecular complexity index is 144. The van der Waals surface area contributed by atoms with Gasteiger partial charge in [0.15, 0.2) is 0 Å². The average molecular weight is 197 g/mol. The molecular weight excluding hydrogens is 170 g/mol. The lowest BCUT2D eigenvalue weighted by Gasteiger charge is -2.20. The summed E-state index contributed by atoms with van der Waals surface area (Å²) in [5, 5.41) is 3.73. The van der Waals surface area contributed by atoms with Gasteiger partial charge >= 0.3 is 0 Å². The lowest BCUT2D eigenvalue weighted by Crippen LogP contribution is -2.33. The van der Waals surface area contributed by atoms with E-state index in [2.05, 4.69) is 26.1 Å². The molecule has 0 aromatic carbocycles. The Morgan fingerprint density at radius 1 is 1.14 bits per heavy atom. The van der Waals surface area contributed by atoms with Gasteiger partial charge in [-0.1, -0.05) is 40.0 Å². The Balaban J connectivity index is 2.13. The third-order valence-electron chi connectivity index (χ3n) is 3.94. The number of unbranched alkanes of at least 4 members (excludes halogenated alkanes) is 2. The molecule has 1 nitrogen and oxygen atoms in total. The summed E-state index contributed by atoms with van der Waals surface area (Å²) >= 11 is 0. The van der Waals surface area contributed by atoms with Crippen LogP contribution in [0.5, 0.6) is 0 Å². The van der Waals surface area contributed by atoms with Crippen molar-refractivity contribution in [1.82, 2.24) is 5.32 Å². The predicted molar refractivity (Wildman–Crippen MR) is 63.5 cm³/mol. The summed E-state index contributed by atoms with van der Waals surface area (Å²) in [7, 11) is 0. The van der Waals surface area contributed by atoms with Gasteiger partial charge in [0.2, 0.25) is 0 Å². The minimum Gasteiger partial charge on any atom is -0.314 e. The summed E-state index contributed by atoms with van der Waals surface area (Å²) in [4.78, 5) is 0. The fourth-order valence-corrected chi connectivity index (χ4v) is 2.77. The largest absolute Gasteiger partial charge is 0.314 e. The van der Waals surface area contributed by atoms with Crippen LogP contribution in [0.1, 0.15) is 59.3 Å². The number of nitrogens with one attached hydrogen (secondary N) is 1. The van der Waals surface area contributed by atoms with Crippen LogP contribution in [0.25, 0.3) is 0 Å². The highest BCUT2D eigenvalue weighted by molar-refractivity contribution is 4.86. The first-order valence-corrected chi connectivity index (χ1v) is 6.53. The van der Waals surface area contributed by atoms with Crippen LogP contribution in [-0.2, 0) is 0 Å². The maximum absolute atomic E-state index is 3.73. The molecule has 1 N–H and O–H groups in total. The monoisotopic (exact) mass is 197 g/mol. The van der Waals surface area contributed by atoms with Crippen molar-refractivity contribution in [3.8, 4) is 0 Å². The van der Waals surface area contributed by atoms with E-state index < -0.39 is 0 Å². The van der Waals surface area contributed by atoms with Crippen LogP contribution in [0.2, 0.25) is 0 Å². The first kappa shape index (κ1) is 12.0. The Morgan fingerprint density at radius 3 is 2.50 bits per heavy atom. The highest BCUT2D eigenvalue weighted by Gasteiger charge is 2.30. The average Bonchev–Trinajstić information content (AvgIpc) is 2.55. The Kier molecular flexibility index (Phi) is 5.54. The van der Waals surface area contributed by atoms with Crippen molar-refractivity contribution < 1.29 is 0 Å². The minimum absolute atomic E-state index is 0.816. The first-order valence-electron chi connectivity index (χ1n) is 6.53. The van der Waals surface area contributed by atoms with Gasteiger partial charge in [-0.05, 0) is 37.6 Å². The molecule has 14 heavy (non-hydrogen) atoms. The fourth-order valence-electron chi connectivity index (χ4n) is 2.77. The smallest absolute Gasteiger partial charge is 0.00954 e. The summed E-state index contributed by atoms with van der Waals surface area (Å²) < 4.78 is 0. The second kappa shape index (κ2) is 6.44. The summed E-state index contributed by atoms with van der Waals surface area (Å²) in [6, 6.07) is 0.816.